The van der Waals surface area contributed by atoms with Crippen molar-refractivity contribution in [3.8, 4) is 5.75 Å². The van der Waals surface area contributed by atoms with E-state index in [1.807, 2.05) is 0 Å². The van der Waals surface area contributed by atoms with E-state index in [-0.39, 0.29) is 34.3 Å². The van der Waals surface area contributed by atoms with Crippen molar-refractivity contribution in [1.82, 2.24) is 4.68 Å². The van der Waals surface area contributed by atoms with Crippen LogP contribution in [0.1, 0.15) is 11.1 Å². The number of benzene rings is 2. The third-order valence-electron chi connectivity index (χ3n) is 4.94. The van der Waals surface area contributed by atoms with Crippen LogP contribution in [0.5, 0.6) is 5.75 Å². The molecule has 156 valence electrons. The van der Waals surface area contributed by atoms with Gasteiger partial charge in [0, 0.05) is 10.9 Å². The molecule has 9 nitrogen and oxygen atoms in total. The molecule has 5 rings (SSSR count). The number of para-hydroxylation sites is 2. The number of fused-ring (bicyclic) bond motifs is 2. The molecule has 4 aromatic rings. The summed E-state index contributed by atoms with van der Waals surface area (Å²) in [7, 11) is -4.05. The summed E-state index contributed by atoms with van der Waals surface area (Å²) >= 11 is 0. The number of aromatic nitrogens is 1. The Hall–Kier alpha value is -4.05. The molecule has 2 aromatic carbocycles. The molecule has 31 heavy (non-hydrogen) atoms. The quantitative estimate of drug-likeness (QED) is 0.449. The van der Waals surface area contributed by atoms with Crippen molar-refractivity contribution in [3.05, 3.63) is 88.6 Å². The maximum absolute atomic E-state index is 13.4. The van der Waals surface area contributed by atoms with Crippen LogP contribution < -0.4 is 16.3 Å². The van der Waals surface area contributed by atoms with Gasteiger partial charge in [0.25, 0.3) is 15.6 Å². The molecule has 1 aliphatic rings. The smallest absolute Gasteiger partial charge is 0.286 e. The largest absolute Gasteiger partial charge is 0.506 e. The van der Waals surface area contributed by atoms with E-state index in [1.54, 1.807) is 48.5 Å². The second-order valence-corrected chi connectivity index (χ2v) is 8.46. The lowest BCUT2D eigenvalue weighted by Gasteiger charge is -2.20. The van der Waals surface area contributed by atoms with Crippen LogP contribution in [0.15, 0.2) is 85.6 Å². The van der Waals surface area contributed by atoms with E-state index in [9.17, 15) is 18.3 Å². The Bertz CT molecular complexity index is 1500. The van der Waals surface area contributed by atoms with Crippen molar-refractivity contribution < 1.29 is 17.9 Å². The summed E-state index contributed by atoms with van der Waals surface area (Å²) in [6, 6.07) is 14.7. The minimum atomic E-state index is -4.05. The van der Waals surface area contributed by atoms with Crippen molar-refractivity contribution in [2.75, 3.05) is 10.7 Å². The zero-order valence-corrected chi connectivity index (χ0v) is 16.8. The number of hydrogen-bond donors (Lipinski definition) is 3. The number of nitrogens with zero attached hydrogens (tertiary/aromatic N) is 2. The summed E-state index contributed by atoms with van der Waals surface area (Å²) in [4.78, 5) is 13.4. The van der Waals surface area contributed by atoms with Crippen LogP contribution in [0.3, 0.4) is 0 Å². The number of rotatable bonds is 4. The van der Waals surface area contributed by atoms with Crippen LogP contribution in [0.25, 0.3) is 10.9 Å². The lowest BCUT2D eigenvalue weighted by atomic mass is 10.1. The summed E-state index contributed by atoms with van der Waals surface area (Å²) in [5, 5.41) is 14.1. The van der Waals surface area contributed by atoms with Crippen molar-refractivity contribution >= 4 is 32.4 Å². The van der Waals surface area contributed by atoms with Crippen molar-refractivity contribution in [2.45, 2.75) is 11.4 Å². The van der Waals surface area contributed by atoms with Gasteiger partial charge in [-0.25, -0.2) is 4.68 Å². The van der Waals surface area contributed by atoms with Gasteiger partial charge >= 0.3 is 0 Å². The third kappa shape index (κ3) is 3.13. The Kier molecular flexibility index (Phi) is 4.29. The van der Waals surface area contributed by atoms with Crippen LogP contribution in [-0.4, -0.2) is 24.0 Å². The molecule has 0 radical (unpaired) electrons. The third-order valence-corrected chi connectivity index (χ3v) is 6.28. The van der Waals surface area contributed by atoms with Crippen LogP contribution in [0, 0.1) is 0 Å². The molecule has 0 atom stereocenters. The Morgan fingerprint density at radius 1 is 1.10 bits per heavy atom. The molecule has 0 aliphatic carbocycles. The van der Waals surface area contributed by atoms with Gasteiger partial charge < -0.3 is 20.3 Å². The molecule has 0 saturated heterocycles. The van der Waals surface area contributed by atoms with Crippen LogP contribution in [0.2, 0.25) is 0 Å². The highest BCUT2D eigenvalue weighted by Gasteiger charge is 2.29. The average Bonchev–Trinajstić information content (AvgIpc) is 3.27. The Morgan fingerprint density at radius 2 is 1.87 bits per heavy atom. The maximum Gasteiger partial charge on any atom is 0.286 e. The fraction of sp³-hybridized carbons (Fsp3) is 0.0476. The van der Waals surface area contributed by atoms with Gasteiger partial charge in [0.2, 0.25) is 0 Å². The molecule has 0 amide bonds. The molecule has 0 fully saturated rings. The molecule has 10 heteroatoms. The lowest BCUT2D eigenvalue weighted by Crippen LogP contribution is -2.36. The molecule has 0 saturated carbocycles. The number of aromatic hydroxyl groups is 1. The molecular weight excluding hydrogens is 420 g/mol. The molecular formula is C21H16N4O5S. The number of nitrogens with one attached hydrogen (secondary N) is 2. The van der Waals surface area contributed by atoms with Gasteiger partial charge in [-0.2, -0.15) is 8.42 Å². The Labute approximate surface area is 176 Å². The predicted molar refractivity (Wildman–Crippen MR) is 115 cm³/mol. The minimum absolute atomic E-state index is 0.00237. The zero-order chi connectivity index (χ0) is 21.6. The number of hydrogen-bond acceptors (Lipinski definition) is 7. The van der Waals surface area contributed by atoms with E-state index < -0.39 is 15.6 Å². The predicted octanol–water partition coefficient (Wildman–Crippen LogP) is 2.60. The Morgan fingerprint density at radius 3 is 2.68 bits per heavy atom. The standard InChI is InChI=1S/C21H16N4O5S/c26-19-14-5-1-3-7-16(14)25(22-11-13-9-10-30-12-13)21(27)18(19)20-23-15-6-2-4-8-17(15)31(28,29)24-20/h1-10,12,22,26H,11H2,(H,23,24). The number of pyridine rings is 1. The van der Waals surface area contributed by atoms with Crippen molar-refractivity contribution in [2.24, 2.45) is 4.40 Å². The summed E-state index contributed by atoms with van der Waals surface area (Å²) in [5.41, 5.74) is 3.60. The first-order valence-corrected chi connectivity index (χ1v) is 10.7. The number of furan rings is 1. The topological polar surface area (TPSA) is 126 Å². The van der Waals surface area contributed by atoms with E-state index in [0.29, 0.717) is 10.9 Å². The number of amidine groups is 1. The fourth-order valence-electron chi connectivity index (χ4n) is 3.48. The highest BCUT2D eigenvalue weighted by atomic mass is 32.2. The van der Waals surface area contributed by atoms with Gasteiger partial charge in [-0.15, -0.1) is 4.40 Å². The van der Waals surface area contributed by atoms with Crippen LogP contribution in [-0.2, 0) is 16.6 Å². The van der Waals surface area contributed by atoms with Crippen LogP contribution in [0.4, 0.5) is 5.69 Å². The van der Waals surface area contributed by atoms with E-state index in [2.05, 4.69) is 15.1 Å². The first kappa shape index (κ1) is 18.9. The van der Waals surface area contributed by atoms with Gasteiger partial charge in [0.05, 0.1) is 30.3 Å². The van der Waals surface area contributed by atoms with Gasteiger partial charge in [-0.1, -0.05) is 24.3 Å². The molecule has 2 aromatic heterocycles. The number of anilines is 1. The van der Waals surface area contributed by atoms with E-state index >= 15 is 0 Å². The van der Waals surface area contributed by atoms with Gasteiger partial charge in [0.15, 0.2) is 5.84 Å². The van der Waals surface area contributed by atoms with Crippen LogP contribution >= 0.6 is 0 Å². The fourth-order valence-corrected chi connectivity index (χ4v) is 4.61. The zero-order valence-electron chi connectivity index (χ0n) is 15.9. The second kappa shape index (κ2) is 7.03. The van der Waals surface area contributed by atoms with Gasteiger partial charge in [0.1, 0.15) is 16.2 Å². The van der Waals surface area contributed by atoms with E-state index in [1.165, 1.54) is 23.3 Å². The molecule has 3 heterocycles. The Balaban J connectivity index is 1.71. The monoisotopic (exact) mass is 436 g/mol. The van der Waals surface area contributed by atoms with Crippen molar-refractivity contribution in [1.29, 1.82) is 0 Å². The summed E-state index contributed by atoms with van der Waals surface area (Å²) in [6.07, 6.45) is 3.06. The second-order valence-electron chi connectivity index (χ2n) is 6.88. The van der Waals surface area contributed by atoms with E-state index in [0.717, 1.165) is 5.56 Å². The van der Waals surface area contributed by atoms with Gasteiger partial charge in [-0.05, 0) is 30.3 Å². The van der Waals surface area contributed by atoms with Crippen molar-refractivity contribution in [3.63, 3.8) is 0 Å². The first-order valence-electron chi connectivity index (χ1n) is 9.29. The first-order chi connectivity index (χ1) is 15.0. The average molecular weight is 436 g/mol. The highest BCUT2D eigenvalue weighted by Crippen LogP contribution is 2.31. The molecule has 0 bridgehead atoms. The minimum Gasteiger partial charge on any atom is -0.506 e. The summed E-state index contributed by atoms with van der Waals surface area (Å²) in [5.74, 6) is -0.603. The molecule has 0 spiro atoms. The molecule has 1 aliphatic heterocycles. The summed E-state index contributed by atoms with van der Waals surface area (Å²) < 4.78 is 35.4. The molecule has 3 N–H and O–H groups in total. The SMILES string of the molecule is O=c1c(C2=NS(=O)(=O)c3ccccc3N2)c(O)c2ccccc2n1NCc1ccoc1. The molecule has 0 unspecified atom stereocenters. The van der Waals surface area contributed by atoms with Gasteiger partial charge in [-0.3, -0.25) is 4.79 Å². The lowest BCUT2D eigenvalue weighted by molar-refractivity contribution is 0.478. The summed E-state index contributed by atoms with van der Waals surface area (Å²) in [6.45, 7) is 0.269. The maximum atomic E-state index is 13.4. The number of sulfonamides is 1. The normalized spacial score (nSPS) is 14.5. The van der Waals surface area contributed by atoms with E-state index in [4.69, 9.17) is 4.42 Å². The highest BCUT2D eigenvalue weighted by molar-refractivity contribution is 7.90.